The lowest BCUT2D eigenvalue weighted by molar-refractivity contribution is -0.142. The minimum atomic E-state index is -0.106. The molecule has 1 aliphatic heterocycles. The minimum Gasteiger partial charge on any atom is -0.342 e. The van der Waals surface area contributed by atoms with Gasteiger partial charge in [-0.1, -0.05) is 30.3 Å². The van der Waals surface area contributed by atoms with E-state index in [4.69, 9.17) is 0 Å². The molecule has 5 nitrogen and oxygen atoms in total. The zero-order valence-corrected chi connectivity index (χ0v) is 16.9. The second-order valence-corrected chi connectivity index (χ2v) is 8.18. The van der Waals surface area contributed by atoms with E-state index >= 15 is 0 Å². The summed E-state index contributed by atoms with van der Waals surface area (Å²) in [5.74, 6) is 0.180. The number of nitrogens with zero attached hydrogens (tertiary/aromatic N) is 3. The van der Waals surface area contributed by atoms with Crippen LogP contribution in [-0.4, -0.2) is 46.7 Å². The number of thiazole rings is 1. The van der Waals surface area contributed by atoms with Gasteiger partial charge in [-0.2, -0.15) is 0 Å². The van der Waals surface area contributed by atoms with E-state index in [1.807, 2.05) is 42.5 Å². The lowest BCUT2D eigenvalue weighted by atomic mass is 9.95. The number of rotatable bonds is 7. The number of piperidine rings is 1. The van der Waals surface area contributed by atoms with Crippen LogP contribution < -0.4 is 0 Å². The van der Waals surface area contributed by atoms with E-state index in [0.717, 1.165) is 23.5 Å². The Morgan fingerprint density at radius 3 is 2.81 bits per heavy atom. The highest BCUT2D eigenvalue weighted by Gasteiger charge is 2.31. The smallest absolute Gasteiger partial charge is 0.227 e. The van der Waals surface area contributed by atoms with E-state index in [-0.39, 0.29) is 17.7 Å². The molecule has 1 aromatic carbocycles. The molecule has 3 rings (SSSR count). The van der Waals surface area contributed by atoms with Crippen molar-refractivity contribution < 1.29 is 9.59 Å². The minimum absolute atomic E-state index is 0.106. The van der Waals surface area contributed by atoms with E-state index < -0.39 is 0 Å². The molecule has 1 fully saturated rings. The summed E-state index contributed by atoms with van der Waals surface area (Å²) in [4.78, 5) is 33.1. The molecule has 1 atom stereocenters. The number of amides is 2. The first kappa shape index (κ1) is 19.5. The topological polar surface area (TPSA) is 53.5 Å². The molecule has 2 aromatic rings. The average molecular weight is 386 g/mol. The molecule has 0 unspecified atom stereocenters. The van der Waals surface area contributed by atoms with Crippen molar-refractivity contribution in [3.8, 4) is 0 Å². The van der Waals surface area contributed by atoms with E-state index in [2.05, 4.69) is 17.1 Å². The van der Waals surface area contributed by atoms with Crippen molar-refractivity contribution in [3.05, 3.63) is 52.0 Å². The molecule has 6 heteroatoms. The Kier molecular flexibility index (Phi) is 6.61. The van der Waals surface area contributed by atoms with Gasteiger partial charge in [-0.3, -0.25) is 9.59 Å². The van der Waals surface area contributed by atoms with Crippen LogP contribution in [0, 0.1) is 12.8 Å². The Labute approximate surface area is 165 Å². The Balaban J connectivity index is 1.50. The fraction of sp³-hybridized carbons (Fsp3) is 0.476. The maximum Gasteiger partial charge on any atom is 0.227 e. The molecule has 1 aliphatic rings. The van der Waals surface area contributed by atoms with Gasteiger partial charge in [-0.15, -0.1) is 11.3 Å². The number of likely N-dealkylation sites (tertiary alicyclic amines) is 1. The molecule has 27 heavy (non-hydrogen) atoms. The van der Waals surface area contributed by atoms with Gasteiger partial charge in [-0.25, -0.2) is 4.98 Å². The van der Waals surface area contributed by atoms with Gasteiger partial charge in [0.15, 0.2) is 0 Å². The first-order chi connectivity index (χ1) is 13.0. The third-order valence-corrected chi connectivity index (χ3v) is 5.95. The van der Waals surface area contributed by atoms with Gasteiger partial charge in [0.2, 0.25) is 11.8 Å². The zero-order valence-electron chi connectivity index (χ0n) is 16.1. The molecule has 0 spiro atoms. The number of carbonyl (C=O) groups is 2. The third-order valence-electron chi connectivity index (χ3n) is 5.00. The van der Waals surface area contributed by atoms with Crippen LogP contribution in [0.25, 0.3) is 0 Å². The lowest BCUT2D eigenvalue weighted by Gasteiger charge is -2.33. The van der Waals surface area contributed by atoms with E-state index in [0.29, 0.717) is 32.5 Å². The van der Waals surface area contributed by atoms with Crippen molar-refractivity contribution in [2.24, 2.45) is 5.92 Å². The number of aromatic nitrogens is 1. The summed E-state index contributed by atoms with van der Waals surface area (Å²) in [6, 6.07) is 10.3. The van der Waals surface area contributed by atoms with Crippen molar-refractivity contribution in [2.45, 2.75) is 39.2 Å². The van der Waals surface area contributed by atoms with Crippen LogP contribution in [0.1, 0.15) is 35.5 Å². The molecule has 0 saturated carbocycles. The second-order valence-electron chi connectivity index (χ2n) is 7.24. The highest BCUT2D eigenvalue weighted by atomic mass is 32.1. The monoisotopic (exact) mass is 385 g/mol. The van der Waals surface area contributed by atoms with E-state index in [1.165, 1.54) is 5.56 Å². The lowest BCUT2D eigenvalue weighted by Crippen LogP contribution is -2.46. The first-order valence-corrected chi connectivity index (χ1v) is 10.4. The fourth-order valence-corrected chi connectivity index (χ4v) is 4.34. The van der Waals surface area contributed by atoms with Crippen LogP contribution in [-0.2, 0) is 22.6 Å². The van der Waals surface area contributed by atoms with Gasteiger partial charge in [0.25, 0.3) is 0 Å². The average Bonchev–Trinajstić information content (AvgIpc) is 3.08. The van der Waals surface area contributed by atoms with Crippen LogP contribution in [0.4, 0.5) is 0 Å². The molecular formula is C21H27N3O2S. The molecule has 0 radical (unpaired) electrons. The van der Waals surface area contributed by atoms with Crippen LogP contribution in [0.2, 0.25) is 0 Å². The fourth-order valence-electron chi connectivity index (χ4n) is 3.52. The van der Waals surface area contributed by atoms with Gasteiger partial charge in [-0.05, 0) is 31.7 Å². The predicted molar refractivity (Wildman–Crippen MR) is 107 cm³/mol. The molecule has 2 heterocycles. The van der Waals surface area contributed by atoms with Crippen LogP contribution in [0.3, 0.4) is 0 Å². The van der Waals surface area contributed by atoms with E-state index in [1.54, 1.807) is 16.2 Å². The zero-order chi connectivity index (χ0) is 19.2. The SMILES string of the molecule is Cc1csc(CN(C)C(=O)[C@@H]2CCC(=O)N(CCCc3ccccc3)C2)n1. The molecule has 0 aliphatic carbocycles. The maximum absolute atomic E-state index is 12.8. The summed E-state index contributed by atoms with van der Waals surface area (Å²) in [6.45, 7) is 3.75. The Hall–Kier alpha value is -2.21. The summed E-state index contributed by atoms with van der Waals surface area (Å²) in [5.41, 5.74) is 2.27. The van der Waals surface area contributed by atoms with Gasteiger partial charge in [0.1, 0.15) is 5.01 Å². The maximum atomic E-state index is 12.8. The Morgan fingerprint density at radius 2 is 2.11 bits per heavy atom. The third kappa shape index (κ3) is 5.39. The number of aryl methyl sites for hydroxylation is 2. The molecule has 144 valence electrons. The highest BCUT2D eigenvalue weighted by molar-refractivity contribution is 7.09. The van der Waals surface area contributed by atoms with Gasteiger partial charge in [0.05, 0.1) is 12.5 Å². The summed E-state index contributed by atoms with van der Waals surface area (Å²) >= 11 is 1.58. The van der Waals surface area contributed by atoms with Crippen LogP contribution in [0.5, 0.6) is 0 Å². The predicted octanol–water partition coefficient (Wildman–Crippen LogP) is 3.28. The summed E-state index contributed by atoms with van der Waals surface area (Å²) < 4.78 is 0. The van der Waals surface area contributed by atoms with Crippen molar-refractivity contribution in [1.29, 1.82) is 0 Å². The van der Waals surface area contributed by atoms with Gasteiger partial charge < -0.3 is 9.80 Å². The van der Waals surface area contributed by atoms with Crippen LogP contribution in [0.15, 0.2) is 35.7 Å². The number of benzene rings is 1. The first-order valence-electron chi connectivity index (χ1n) is 9.50. The van der Waals surface area contributed by atoms with Gasteiger partial charge in [0, 0.05) is 37.6 Å². The highest BCUT2D eigenvalue weighted by Crippen LogP contribution is 2.21. The molecule has 0 N–H and O–H groups in total. The Bertz CT molecular complexity index is 775. The van der Waals surface area contributed by atoms with Crippen LogP contribution >= 0.6 is 11.3 Å². The van der Waals surface area contributed by atoms with Crippen molar-refractivity contribution in [3.63, 3.8) is 0 Å². The second kappa shape index (κ2) is 9.13. The van der Waals surface area contributed by atoms with Crippen molar-refractivity contribution >= 4 is 23.2 Å². The molecular weight excluding hydrogens is 358 g/mol. The normalized spacial score (nSPS) is 17.2. The van der Waals surface area contributed by atoms with Gasteiger partial charge >= 0.3 is 0 Å². The number of carbonyl (C=O) groups excluding carboxylic acids is 2. The summed E-state index contributed by atoms with van der Waals surface area (Å²) in [7, 11) is 1.83. The summed E-state index contributed by atoms with van der Waals surface area (Å²) in [5, 5.41) is 2.96. The standard InChI is InChI=1S/C21H27N3O2S/c1-16-15-27-19(22-16)14-23(2)21(26)18-10-11-20(25)24(13-18)12-6-9-17-7-4-3-5-8-17/h3-5,7-8,15,18H,6,9-14H2,1-2H3/t18-/m1/s1. The Morgan fingerprint density at radius 1 is 1.33 bits per heavy atom. The van der Waals surface area contributed by atoms with Crippen molar-refractivity contribution in [2.75, 3.05) is 20.1 Å². The quantitative estimate of drug-likeness (QED) is 0.735. The summed E-state index contributed by atoms with van der Waals surface area (Å²) in [6.07, 6.45) is 2.98. The van der Waals surface area contributed by atoms with E-state index in [9.17, 15) is 9.59 Å². The number of hydrogen-bond acceptors (Lipinski definition) is 4. The molecule has 2 amide bonds. The van der Waals surface area contributed by atoms with Crippen molar-refractivity contribution in [1.82, 2.24) is 14.8 Å². The number of hydrogen-bond donors (Lipinski definition) is 0. The molecule has 0 bridgehead atoms. The molecule has 1 saturated heterocycles. The molecule has 1 aromatic heterocycles. The largest absolute Gasteiger partial charge is 0.342 e.